The van der Waals surface area contributed by atoms with Crippen LogP contribution in [0.2, 0.25) is 0 Å². The first-order chi connectivity index (χ1) is 11.5. The number of hydrogen-bond donors (Lipinski definition) is 2. The van der Waals surface area contributed by atoms with Crippen molar-refractivity contribution in [1.29, 1.82) is 0 Å². The summed E-state index contributed by atoms with van der Waals surface area (Å²) in [5.74, 6) is 0.618. The van der Waals surface area contributed by atoms with Gasteiger partial charge in [-0.3, -0.25) is 19.9 Å². The predicted molar refractivity (Wildman–Crippen MR) is 107 cm³/mol. The number of hydrogen-bond acceptors (Lipinski definition) is 4. The number of guanidine groups is 1. The zero-order valence-electron chi connectivity index (χ0n) is 14.2. The number of nitrogens with zero attached hydrogens (tertiary/aromatic N) is 3. The summed E-state index contributed by atoms with van der Waals surface area (Å²) in [5.41, 5.74) is 5.98. The number of primary amides is 1. The van der Waals surface area contributed by atoms with E-state index >= 15 is 0 Å². The van der Waals surface area contributed by atoms with Crippen molar-refractivity contribution in [2.24, 2.45) is 16.6 Å². The summed E-state index contributed by atoms with van der Waals surface area (Å²) < 4.78 is 0. The minimum Gasteiger partial charge on any atom is -0.370 e. The van der Waals surface area contributed by atoms with Gasteiger partial charge in [-0.25, -0.2) is 0 Å². The third-order valence-corrected chi connectivity index (χ3v) is 4.15. The molecule has 8 nitrogen and oxygen atoms in total. The van der Waals surface area contributed by atoms with Gasteiger partial charge < -0.3 is 16.0 Å². The van der Waals surface area contributed by atoms with Gasteiger partial charge in [-0.2, -0.15) is 0 Å². The number of halogens is 1. The van der Waals surface area contributed by atoms with Gasteiger partial charge in [0.15, 0.2) is 5.96 Å². The van der Waals surface area contributed by atoms with Gasteiger partial charge in [-0.15, -0.1) is 24.0 Å². The number of carbonyl (C=O) groups is 1. The average Bonchev–Trinajstić information content (AvgIpc) is 2.55. The maximum Gasteiger partial charge on any atom is 0.274 e. The van der Waals surface area contributed by atoms with E-state index in [0.717, 1.165) is 19.4 Å². The van der Waals surface area contributed by atoms with Gasteiger partial charge in [0.1, 0.15) is 0 Å². The second-order valence-electron chi connectivity index (χ2n) is 5.91. The van der Waals surface area contributed by atoms with E-state index in [9.17, 15) is 14.9 Å². The van der Waals surface area contributed by atoms with Crippen LogP contribution in [-0.4, -0.2) is 41.8 Å². The van der Waals surface area contributed by atoms with Crippen LogP contribution >= 0.6 is 24.0 Å². The number of nitro groups is 1. The molecule has 25 heavy (non-hydrogen) atoms. The number of piperidine rings is 1. The lowest BCUT2D eigenvalue weighted by molar-refractivity contribution is -0.385. The molecule has 2 rings (SSSR count). The number of benzene rings is 1. The Hall–Kier alpha value is -1.91. The summed E-state index contributed by atoms with van der Waals surface area (Å²) >= 11 is 0. The molecule has 1 atom stereocenters. The fourth-order valence-electron chi connectivity index (χ4n) is 3.05. The molecule has 0 bridgehead atoms. The normalized spacial score (nSPS) is 17.6. The molecule has 1 saturated heterocycles. The van der Waals surface area contributed by atoms with E-state index in [2.05, 4.69) is 15.2 Å². The van der Waals surface area contributed by atoms with Crippen molar-refractivity contribution in [3.63, 3.8) is 0 Å². The Balaban J connectivity index is 0.00000312. The van der Waals surface area contributed by atoms with Crippen LogP contribution in [0.3, 0.4) is 0 Å². The van der Waals surface area contributed by atoms with Gasteiger partial charge in [-0.1, -0.05) is 18.2 Å². The maximum absolute atomic E-state index is 11.1. The molecule has 9 heteroatoms. The number of nitrogens with one attached hydrogen (secondary N) is 1. The number of likely N-dealkylation sites (tertiary alicyclic amines) is 1. The lowest BCUT2D eigenvalue weighted by Gasteiger charge is -2.34. The smallest absolute Gasteiger partial charge is 0.274 e. The SMILES string of the molecule is CN=C(NCc1ccccc1[N+](=O)[O-])N1CCCC(CC(N)=O)C1.I. The molecule has 1 unspecified atom stereocenters. The highest BCUT2D eigenvalue weighted by Crippen LogP contribution is 2.20. The van der Waals surface area contributed by atoms with E-state index in [4.69, 9.17) is 5.73 Å². The van der Waals surface area contributed by atoms with Crippen molar-refractivity contribution < 1.29 is 9.72 Å². The van der Waals surface area contributed by atoms with Gasteiger partial charge >= 0.3 is 0 Å². The number of rotatable bonds is 5. The molecule has 1 fully saturated rings. The molecule has 1 aliphatic rings. The van der Waals surface area contributed by atoms with Crippen LogP contribution in [-0.2, 0) is 11.3 Å². The molecule has 1 aromatic rings. The highest BCUT2D eigenvalue weighted by Gasteiger charge is 2.24. The first-order valence-corrected chi connectivity index (χ1v) is 7.97. The summed E-state index contributed by atoms with van der Waals surface area (Å²) in [7, 11) is 1.68. The summed E-state index contributed by atoms with van der Waals surface area (Å²) in [6.07, 6.45) is 2.31. The van der Waals surface area contributed by atoms with Gasteiger partial charge in [0.05, 0.1) is 4.92 Å². The third kappa shape index (κ3) is 6.15. The number of aliphatic imine (C=N–C) groups is 1. The topological polar surface area (TPSA) is 114 Å². The van der Waals surface area contributed by atoms with Crippen LogP contribution in [0.5, 0.6) is 0 Å². The van der Waals surface area contributed by atoms with Crippen LogP contribution in [0.15, 0.2) is 29.3 Å². The molecule has 3 N–H and O–H groups in total. The molecule has 1 heterocycles. The van der Waals surface area contributed by atoms with Crippen LogP contribution < -0.4 is 11.1 Å². The Morgan fingerprint density at radius 1 is 1.48 bits per heavy atom. The van der Waals surface area contributed by atoms with E-state index < -0.39 is 0 Å². The van der Waals surface area contributed by atoms with Crippen LogP contribution in [0.4, 0.5) is 5.69 Å². The minimum atomic E-state index is -0.385. The standard InChI is InChI=1S/C16H23N5O3.HI/c1-18-16(20-8-4-5-12(11-20)9-15(17)22)19-10-13-6-2-3-7-14(13)21(23)24;/h2-3,6-7,12H,4-5,8-11H2,1H3,(H2,17,22)(H,18,19);1H. The molecule has 1 amide bonds. The zero-order valence-corrected chi connectivity index (χ0v) is 16.5. The highest BCUT2D eigenvalue weighted by atomic mass is 127. The summed E-state index contributed by atoms with van der Waals surface area (Å²) in [5, 5.41) is 14.3. The summed E-state index contributed by atoms with van der Waals surface area (Å²) in [4.78, 5) is 28.1. The molecular formula is C16H24IN5O3. The molecule has 0 aromatic heterocycles. The largest absolute Gasteiger partial charge is 0.370 e. The lowest BCUT2D eigenvalue weighted by atomic mass is 9.95. The van der Waals surface area contributed by atoms with Crippen molar-refractivity contribution in [3.05, 3.63) is 39.9 Å². The monoisotopic (exact) mass is 461 g/mol. The number of carbonyl (C=O) groups excluding carboxylic acids is 1. The van der Waals surface area contributed by atoms with E-state index in [-0.39, 0.29) is 46.4 Å². The van der Waals surface area contributed by atoms with E-state index in [1.807, 2.05) is 0 Å². The van der Waals surface area contributed by atoms with Gasteiger partial charge in [0.25, 0.3) is 5.69 Å². The number of nitro benzene ring substituents is 1. The fourth-order valence-corrected chi connectivity index (χ4v) is 3.05. The molecule has 0 spiro atoms. The van der Waals surface area contributed by atoms with Crippen LogP contribution in [0.25, 0.3) is 0 Å². The van der Waals surface area contributed by atoms with Crippen molar-refractivity contribution in [2.75, 3.05) is 20.1 Å². The number of amides is 1. The van der Waals surface area contributed by atoms with E-state index in [0.29, 0.717) is 31.0 Å². The third-order valence-electron chi connectivity index (χ3n) is 4.15. The van der Waals surface area contributed by atoms with Crippen LogP contribution in [0.1, 0.15) is 24.8 Å². The first kappa shape index (κ1) is 21.1. The number of para-hydroxylation sites is 1. The zero-order chi connectivity index (χ0) is 17.5. The molecule has 0 radical (unpaired) electrons. The average molecular weight is 461 g/mol. The number of nitrogens with two attached hydrogens (primary N) is 1. The summed E-state index contributed by atoms with van der Waals surface area (Å²) in [6, 6.07) is 6.64. The Morgan fingerprint density at radius 3 is 2.84 bits per heavy atom. The first-order valence-electron chi connectivity index (χ1n) is 7.97. The molecule has 1 aromatic carbocycles. The van der Waals surface area contributed by atoms with Gasteiger partial charge in [-0.05, 0) is 18.8 Å². The Bertz CT molecular complexity index is 638. The Morgan fingerprint density at radius 2 is 2.20 bits per heavy atom. The van der Waals surface area contributed by atoms with Crippen molar-refractivity contribution in [2.45, 2.75) is 25.8 Å². The molecule has 0 aliphatic carbocycles. The van der Waals surface area contributed by atoms with E-state index in [1.165, 1.54) is 6.07 Å². The van der Waals surface area contributed by atoms with Crippen molar-refractivity contribution >= 4 is 41.5 Å². The molecule has 138 valence electrons. The lowest BCUT2D eigenvalue weighted by Crippen LogP contribution is -2.46. The quantitative estimate of drug-likeness (QED) is 0.229. The van der Waals surface area contributed by atoms with E-state index in [1.54, 1.807) is 25.2 Å². The Kier molecular flexibility index (Phi) is 8.59. The second kappa shape index (κ2) is 10.2. The second-order valence-corrected chi connectivity index (χ2v) is 5.91. The highest BCUT2D eigenvalue weighted by molar-refractivity contribution is 14.0. The van der Waals surface area contributed by atoms with Crippen molar-refractivity contribution in [1.82, 2.24) is 10.2 Å². The Labute approximate surface area is 164 Å². The summed E-state index contributed by atoms with van der Waals surface area (Å²) in [6.45, 7) is 1.87. The van der Waals surface area contributed by atoms with Gasteiger partial charge in [0, 0.05) is 44.7 Å². The predicted octanol–water partition coefficient (Wildman–Crippen LogP) is 1.88. The molecular weight excluding hydrogens is 437 g/mol. The molecule has 0 saturated carbocycles. The maximum atomic E-state index is 11.1. The fraction of sp³-hybridized carbons (Fsp3) is 0.500. The molecule has 1 aliphatic heterocycles. The minimum absolute atomic E-state index is 0. The van der Waals surface area contributed by atoms with Crippen molar-refractivity contribution in [3.8, 4) is 0 Å². The van der Waals surface area contributed by atoms with Gasteiger partial charge in [0.2, 0.25) is 5.91 Å². The van der Waals surface area contributed by atoms with Crippen LogP contribution in [0, 0.1) is 16.0 Å².